The molecule has 0 aliphatic carbocycles. The van der Waals surface area contributed by atoms with Gasteiger partial charge in [0.25, 0.3) is 0 Å². The Balaban J connectivity index is 1.74. The molecule has 0 spiro atoms. The van der Waals surface area contributed by atoms with E-state index in [0.29, 0.717) is 4.57 Å². The molecule has 0 saturated carbocycles. The molecule has 1 aromatic carbocycles. The number of nitrogens with zero attached hydrogens (tertiary/aromatic N) is 3. The van der Waals surface area contributed by atoms with E-state index in [1.165, 1.54) is 31.2 Å². The highest BCUT2D eigenvalue weighted by molar-refractivity contribution is 7.34. The van der Waals surface area contributed by atoms with E-state index < -0.39 is 56.8 Å². The van der Waals surface area contributed by atoms with Crippen molar-refractivity contribution >= 4 is 20.0 Å². The number of hydrogen-bond donors (Lipinski definition) is 3. The average molecular weight is 488 g/mol. The van der Waals surface area contributed by atoms with Gasteiger partial charge in [-0.25, -0.2) is 9.59 Å². The Bertz CT molecular complexity index is 1110. The zero-order valence-electron chi connectivity index (χ0n) is 16.9. The number of aliphatic hydroxyl groups excluding tert-OH is 1. The van der Waals surface area contributed by atoms with Crippen molar-refractivity contribution in [3.8, 4) is 11.5 Å². The first-order chi connectivity index (χ1) is 15.5. The second-order valence-corrected chi connectivity index (χ2v) is 7.79. The molecule has 1 aliphatic heterocycles. The highest BCUT2D eigenvalue weighted by atomic mass is 31.1. The first-order valence-electron chi connectivity index (χ1n) is 9.37. The summed E-state index contributed by atoms with van der Waals surface area (Å²) in [5, 5.41) is 18.9. The average Bonchev–Trinajstić information content (AvgIpc) is 2.96. The van der Waals surface area contributed by atoms with Gasteiger partial charge in [-0.05, 0) is 25.1 Å². The second-order valence-electron chi connectivity index (χ2n) is 6.91. The number of halogens is 2. The highest BCUT2D eigenvalue weighted by Gasteiger charge is 2.60. The molecule has 12 nitrogen and oxygen atoms in total. The quantitative estimate of drug-likeness (QED) is 0.443. The Labute approximate surface area is 185 Å². The van der Waals surface area contributed by atoms with E-state index in [9.17, 15) is 28.4 Å². The second kappa shape index (κ2) is 9.75. The summed E-state index contributed by atoms with van der Waals surface area (Å²) in [5.74, 6) is -5.48. The van der Waals surface area contributed by atoms with Crippen molar-refractivity contribution < 1.29 is 42.7 Å². The largest absolute Gasteiger partial charge is 0.575 e. The monoisotopic (exact) mass is 488 g/mol. The number of aromatic nitrogens is 2. The van der Waals surface area contributed by atoms with Crippen LogP contribution in [0.1, 0.15) is 13.2 Å². The lowest BCUT2D eigenvalue weighted by Crippen LogP contribution is -2.42. The number of carboxylic acids is 1. The van der Waals surface area contributed by atoms with Crippen LogP contribution < -0.4 is 25.6 Å². The number of ether oxygens (including phenoxy) is 2. The van der Waals surface area contributed by atoms with Crippen molar-refractivity contribution in [3.63, 3.8) is 0 Å². The molecule has 0 amide bonds. The standard InChI is InChI=1S/C18H19F2N4O8P/c1-9(15(26)27)23-33(29)32-11-5-3-2-4-10(11)30-8-12-14(25)18(19,20)16(31-12)24-7-6-13(21)22-17(24)28/h2-7,9,12,14,16,25H,8H2,1H3,(H,26,27)(H2,21,22,28)/t9?,12-,14+,16-/m1/s1. The number of benzene rings is 1. The van der Waals surface area contributed by atoms with E-state index in [-0.39, 0.29) is 17.3 Å². The van der Waals surface area contributed by atoms with Gasteiger partial charge in [-0.1, -0.05) is 16.9 Å². The van der Waals surface area contributed by atoms with Crippen molar-refractivity contribution in [2.45, 2.75) is 37.3 Å². The maximum Gasteiger partial charge on any atom is 0.395 e. The number of aliphatic hydroxyl groups is 1. The number of carboxylic acid groups (broad SMARTS) is 1. The minimum atomic E-state index is -3.86. The van der Waals surface area contributed by atoms with Gasteiger partial charge >= 0.3 is 25.7 Å². The molecule has 15 heteroatoms. The number of nitrogen functional groups attached to an aromatic ring is 1. The van der Waals surface area contributed by atoms with Gasteiger partial charge in [0.15, 0.2) is 17.9 Å². The van der Waals surface area contributed by atoms with E-state index in [1.807, 2.05) is 0 Å². The van der Waals surface area contributed by atoms with E-state index in [1.54, 1.807) is 0 Å². The van der Waals surface area contributed by atoms with Crippen LogP contribution in [0.25, 0.3) is 0 Å². The molecular formula is C18H19F2N4O8P. The third-order valence-electron chi connectivity index (χ3n) is 4.54. The zero-order valence-corrected chi connectivity index (χ0v) is 17.8. The Morgan fingerprint density at radius 1 is 1.42 bits per heavy atom. The molecule has 0 bridgehead atoms. The molecule has 1 saturated heterocycles. The molecule has 2 aromatic rings. The molecular weight excluding hydrogens is 469 g/mol. The Morgan fingerprint density at radius 2 is 2.09 bits per heavy atom. The summed E-state index contributed by atoms with van der Waals surface area (Å²) < 4.78 is 48.9. The molecule has 178 valence electrons. The molecule has 1 aromatic heterocycles. The number of nitrogens with two attached hydrogens (primary N) is 1. The van der Waals surface area contributed by atoms with Gasteiger partial charge in [-0.15, -0.1) is 0 Å². The number of anilines is 1. The van der Waals surface area contributed by atoms with E-state index >= 15 is 0 Å². The van der Waals surface area contributed by atoms with E-state index in [2.05, 4.69) is 9.73 Å². The predicted molar refractivity (Wildman–Crippen MR) is 107 cm³/mol. The van der Waals surface area contributed by atoms with Crippen LogP contribution in [0.4, 0.5) is 14.6 Å². The zero-order chi connectivity index (χ0) is 24.3. The van der Waals surface area contributed by atoms with Gasteiger partial charge in [0.2, 0.25) is 12.0 Å². The molecule has 33 heavy (non-hydrogen) atoms. The topological polar surface area (TPSA) is 182 Å². The minimum absolute atomic E-state index is 0.0482. The smallest absolute Gasteiger partial charge is 0.395 e. The van der Waals surface area contributed by atoms with E-state index in [4.69, 9.17) is 24.8 Å². The normalized spacial score (nSPS) is 23.2. The lowest BCUT2D eigenvalue weighted by molar-refractivity contribution is -0.169. The van der Waals surface area contributed by atoms with Crippen LogP contribution in [-0.4, -0.2) is 56.5 Å². The Kier molecular flexibility index (Phi) is 7.22. The van der Waals surface area contributed by atoms with Gasteiger partial charge in [0.05, 0.1) is 0 Å². The van der Waals surface area contributed by atoms with Crippen LogP contribution in [0, 0.1) is 0 Å². The maximum absolute atomic E-state index is 14.6. The summed E-state index contributed by atoms with van der Waals surface area (Å²) in [6.45, 7) is 0.614. The number of alkyl halides is 2. The highest BCUT2D eigenvalue weighted by Crippen LogP contribution is 2.42. The van der Waals surface area contributed by atoms with Gasteiger partial charge in [-0.2, -0.15) is 13.8 Å². The van der Waals surface area contributed by atoms with Crippen LogP contribution in [-0.2, 0) is 9.53 Å². The predicted octanol–water partition coefficient (Wildman–Crippen LogP) is 0.506. The molecule has 0 radical (unpaired) electrons. The van der Waals surface area contributed by atoms with Crippen LogP contribution >= 0.6 is 8.17 Å². The third kappa shape index (κ3) is 5.42. The summed E-state index contributed by atoms with van der Waals surface area (Å²) in [6.07, 6.45) is -5.07. The molecule has 2 unspecified atom stereocenters. The number of hydrogen-bond acceptors (Lipinski definition) is 10. The van der Waals surface area contributed by atoms with Gasteiger partial charge in [-0.3, -0.25) is 9.09 Å². The number of aliphatic carboxylic acids is 1. The number of rotatable bonds is 8. The summed E-state index contributed by atoms with van der Waals surface area (Å²) in [4.78, 5) is 38.1. The first kappa shape index (κ1) is 24.5. The van der Waals surface area contributed by atoms with Crippen molar-refractivity contribution in [3.05, 3.63) is 47.0 Å². The lowest BCUT2D eigenvalue weighted by Gasteiger charge is -2.20. The van der Waals surface area contributed by atoms with Crippen LogP contribution in [0.2, 0.25) is 0 Å². The minimum Gasteiger partial charge on any atom is -0.575 e. The first-order valence-corrected chi connectivity index (χ1v) is 10.5. The van der Waals surface area contributed by atoms with Gasteiger partial charge in [0.1, 0.15) is 18.5 Å². The van der Waals surface area contributed by atoms with Crippen molar-refractivity contribution in [2.75, 3.05) is 12.3 Å². The van der Waals surface area contributed by atoms with Gasteiger partial charge in [0, 0.05) is 6.20 Å². The van der Waals surface area contributed by atoms with E-state index in [0.717, 1.165) is 12.3 Å². The summed E-state index contributed by atoms with van der Waals surface area (Å²) in [6, 6.07) is 5.56. The molecule has 4 N–H and O–H groups in total. The Morgan fingerprint density at radius 3 is 2.73 bits per heavy atom. The Hall–Kier alpha value is -3.19. The molecule has 1 fully saturated rings. The maximum atomic E-state index is 14.6. The molecule has 3 rings (SSSR count). The van der Waals surface area contributed by atoms with Gasteiger partial charge < -0.3 is 30.3 Å². The fraction of sp³-hybridized carbons (Fsp3) is 0.389. The summed E-state index contributed by atoms with van der Waals surface area (Å²) >= 11 is 0. The fourth-order valence-corrected chi connectivity index (χ4v) is 3.57. The fourth-order valence-electron chi connectivity index (χ4n) is 2.83. The summed E-state index contributed by atoms with van der Waals surface area (Å²) in [7, 11) is -2.78. The summed E-state index contributed by atoms with van der Waals surface area (Å²) in [5.41, 5.74) is 4.27. The SMILES string of the molecule is CC(/N=[P+](\[O-])Oc1ccccc1OC[C@H]1O[C@@H](n2ccc(N)nc2=O)C(F)(F)[C@H]1O)C(=O)O. The number of para-hydroxylation sites is 2. The van der Waals surface area contributed by atoms with Crippen molar-refractivity contribution in [2.24, 2.45) is 4.74 Å². The van der Waals surface area contributed by atoms with Crippen LogP contribution in [0.15, 0.2) is 46.1 Å². The van der Waals surface area contributed by atoms with Crippen LogP contribution in [0.3, 0.4) is 0 Å². The number of carbonyl (C=O) groups is 1. The molecule has 1 aliphatic rings. The van der Waals surface area contributed by atoms with Crippen molar-refractivity contribution in [1.82, 2.24) is 9.55 Å². The third-order valence-corrected chi connectivity index (χ3v) is 5.43. The van der Waals surface area contributed by atoms with Crippen LogP contribution in [0.5, 0.6) is 11.5 Å². The molecule has 2 heterocycles. The van der Waals surface area contributed by atoms with Crippen molar-refractivity contribution in [1.29, 1.82) is 0 Å². The molecule has 5 atom stereocenters. The lowest BCUT2D eigenvalue weighted by atomic mass is 10.1.